The zero-order valence-electron chi connectivity index (χ0n) is 11.1. The number of hydrogen-bond donors (Lipinski definition) is 3. The van der Waals surface area contributed by atoms with Crippen molar-refractivity contribution in [3.63, 3.8) is 0 Å². The van der Waals surface area contributed by atoms with Crippen LogP contribution in [0, 0.1) is 5.92 Å². The van der Waals surface area contributed by atoms with Gasteiger partial charge in [0.2, 0.25) is 10.0 Å². The van der Waals surface area contributed by atoms with E-state index < -0.39 is 10.0 Å². The standard InChI is InChI=1S/C13H17N3O3S/c1-9(8-17)7-16-20(18,19)12-5-4-11(14)10-3-2-6-15-13(10)12/h2-6,9,16-17H,7-8,14H2,1H3. The van der Waals surface area contributed by atoms with E-state index in [-0.39, 0.29) is 24.0 Å². The van der Waals surface area contributed by atoms with E-state index in [0.29, 0.717) is 16.6 Å². The predicted molar refractivity (Wildman–Crippen MR) is 77.6 cm³/mol. The molecule has 1 unspecified atom stereocenters. The minimum absolute atomic E-state index is 0.0801. The molecule has 20 heavy (non-hydrogen) atoms. The van der Waals surface area contributed by atoms with Gasteiger partial charge in [0.25, 0.3) is 0 Å². The first kappa shape index (κ1) is 14.7. The summed E-state index contributed by atoms with van der Waals surface area (Å²) in [6, 6.07) is 6.42. The maximum absolute atomic E-state index is 12.3. The van der Waals surface area contributed by atoms with Gasteiger partial charge in [-0.2, -0.15) is 0 Å². The van der Waals surface area contributed by atoms with Crippen LogP contribution in [0.15, 0.2) is 35.4 Å². The number of nitrogens with zero attached hydrogens (tertiary/aromatic N) is 1. The highest BCUT2D eigenvalue weighted by molar-refractivity contribution is 7.89. The first-order chi connectivity index (χ1) is 9.45. The lowest BCUT2D eigenvalue weighted by atomic mass is 10.2. The highest BCUT2D eigenvalue weighted by Crippen LogP contribution is 2.25. The number of nitrogens with two attached hydrogens (primary N) is 1. The third kappa shape index (κ3) is 2.90. The van der Waals surface area contributed by atoms with E-state index in [1.54, 1.807) is 25.1 Å². The molecule has 0 aliphatic rings. The Morgan fingerprint density at radius 1 is 1.40 bits per heavy atom. The summed E-state index contributed by atoms with van der Waals surface area (Å²) in [4.78, 5) is 4.20. The Bertz CT molecular complexity index is 716. The fraction of sp³-hybridized carbons (Fsp3) is 0.308. The van der Waals surface area contributed by atoms with E-state index in [9.17, 15) is 8.42 Å². The maximum atomic E-state index is 12.3. The molecule has 0 saturated carbocycles. The Labute approximate surface area is 117 Å². The zero-order chi connectivity index (χ0) is 14.8. The highest BCUT2D eigenvalue weighted by Gasteiger charge is 2.19. The van der Waals surface area contributed by atoms with Crippen molar-refractivity contribution in [2.75, 3.05) is 18.9 Å². The van der Waals surface area contributed by atoms with Gasteiger partial charge in [0.15, 0.2) is 0 Å². The van der Waals surface area contributed by atoms with Crippen molar-refractivity contribution >= 4 is 26.6 Å². The monoisotopic (exact) mass is 295 g/mol. The summed E-state index contributed by atoms with van der Waals surface area (Å²) >= 11 is 0. The number of anilines is 1. The van der Waals surface area contributed by atoms with Crippen LogP contribution >= 0.6 is 0 Å². The first-order valence-corrected chi connectivity index (χ1v) is 7.67. The van der Waals surface area contributed by atoms with Gasteiger partial charge in [-0.05, 0) is 30.2 Å². The summed E-state index contributed by atoms with van der Waals surface area (Å²) in [5, 5.41) is 9.55. The number of nitrogens with one attached hydrogen (secondary N) is 1. The number of aliphatic hydroxyl groups is 1. The molecule has 1 aromatic carbocycles. The summed E-state index contributed by atoms with van der Waals surface area (Å²) in [5.74, 6) is -0.155. The van der Waals surface area contributed by atoms with Gasteiger partial charge in [-0.25, -0.2) is 13.1 Å². The Kier molecular flexibility index (Phi) is 4.22. The number of benzene rings is 1. The van der Waals surface area contributed by atoms with Gasteiger partial charge in [-0.3, -0.25) is 4.98 Å². The van der Waals surface area contributed by atoms with Crippen molar-refractivity contribution in [3.05, 3.63) is 30.5 Å². The van der Waals surface area contributed by atoms with Crippen molar-refractivity contribution in [1.29, 1.82) is 0 Å². The number of hydrogen-bond acceptors (Lipinski definition) is 5. The summed E-state index contributed by atoms with van der Waals surface area (Å²) in [5.41, 5.74) is 6.65. The maximum Gasteiger partial charge on any atom is 0.242 e. The van der Waals surface area contributed by atoms with Gasteiger partial charge in [-0.1, -0.05) is 6.92 Å². The molecule has 2 aromatic rings. The van der Waals surface area contributed by atoms with E-state index in [1.807, 2.05) is 0 Å². The number of rotatable bonds is 5. The molecule has 0 aliphatic heterocycles. The van der Waals surface area contributed by atoms with Crippen LogP contribution in [0.3, 0.4) is 0 Å². The molecule has 1 aromatic heterocycles. The first-order valence-electron chi connectivity index (χ1n) is 6.19. The van der Waals surface area contributed by atoms with Gasteiger partial charge < -0.3 is 10.8 Å². The second kappa shape index (κ2) is 5.74. The molecule has 0 aliphatic carbocycles. The van der Waals surface area contributed by atoms with Crippen molar-refractivity contribution in [1.82, 2.24) is 9.71 Å². The molecule has 6 nitrogen and oxygen atoms in total. The van der Waals surface area contributed by atoms with E-state index in [1.165, 1.54) is 12.3 Å². The van der Waals surface area contributed by atoms with Crippen LogP contribution in [0.4, 0.5) is 5.69 Å². The SMILES string of the molecule is CC(CO)CNS(=O)(=O)c1ccc(N)c2cccnc12. The molecule has 1 atom stereocenters. The van der Waals surface area contributed by atoms with E-state index in [0.717, 1.165) is 0 Å². The minimum atomic E-state index is -3.69. The van der Waals surface area contributed by atoms with Crippen LogP contribution in [-0.2, 0) is 10.0 Å². The van der Waals surface area contributed by atoms with Crippen molar-refractivity contribution in [2.45, 2.75) is 11.8 Å². The van der Waals surface area contributed by atoms with Gasteiger partial charge in [0.05, 0.1) is 5.52 Å². The molecule has 1 heterocycles. The molecule has 0 spiro atoms. The predicted octanol–water partition coefficient (Wildman–Crippen LogP) is 0.724. The molecule has 0 amide bonds. The van der Waals surface area contributed by atoms with Crippen LogP contribution in [0.25, 0.3) is 10.9 Å². The second-order valence-corrected chi connectivity index (χ2v) is 6.43. The fourth-order valence-corrected chi connectivity index (χ4v) is 3.10. The summed E-state index contributed by atoms with van der Waals surface area (Å²) < 4.78 is 27.1. The van der Waals surface area contributed by atoms with Crippen molar-refractivity contribution in [2.24, 2.45) is 5.92 Å². The number of nitrogen functional groups attached to an aromatic ring is 1. The topological polar surface area (TPSA) is 105 Å². The fourth-order valence-electron chi connectivity index (χ4n) is 1.78. The molecule has 2 rings (SSSR count). The number of pyridine rings is 1. The largest absolute Gasteiger partial charge is 0.398 e. The average molecular weight is 295 g/mol. The summed E-state index contributed by atoms with van der Waals surface area (Å²) in [6.45, 7) is 1.84. The summed E-state index contributed by atoms with van der Waals surface area (Å²) in [6.07, 6.45) is 1.52. The Balaban J connectivity index is 2.45. The van der Waals surface area contributed by atoms with Gasteiger partial charge in [0, 0.05) is 30.4 Å². The smallest absolute Gasteiger partial charge is 0.242 e. The lowest BCUT2D eigenvalue weighted by Crippen LogP contribution is -2.30. The van der Waals surface area contributed by atoms with E-state index >= 15 is 0 Å². The van der Waals surface area contributed by atoms with Gasteiger partial charge in [-0.15, -0.1) is 0 Å². The Morgan fingerprint density at radius 2 is 2.15 bits per heavy atom. The van der Waals surface area contributed by atoms with Gasteiger partial charge in [0.1, 0.15) is 4.90 Å². The van der Waals surface area contributed by atoms with E-state index in [2.05, 4.69) is 9.71 Å². The lowest BCUT2D eigenvalue weighted by molar-refractivity contribution is 0.238. The van der Waals surface area contributed by atoms with Crippen LogP contribution in [0.1, 0.15) is 6.92 Å². The zero-order valence-corrected chi connectivity index (χ0v) is 11.9. The van der Waals surface area contributed by atoms with Crippen LogP contribution in [0.2, 0.25) is 0 Å². The minimum Gasteiger partial charge on any atom is -0.398 e. The molecule has 0 fully saturated rings. The normalized spacial score (nSPS) is 13.5. The lowest BCUT2D eigenvalue weighted by Gasteiger charge is -2.12. The highest BCUT2D eigenvalue weighted by atomic mass is 32.2. The molecular formula is C13H17N3O3S. The van der Waals surface area contributed by atoms with Gasteiger partial charge >= 0.3 is 0 Å². The van der Waals surface area contributed by atoms with Crippen LogP contribution in [-0.4, -0.2) is 31.7 Å². The third-order valence-electron chi connectivity index (χ3n) is 2.99. The number of aromatic nitrogens is 1. The Morgan fingerprint density at radius 3 is 2.85 bits per heavy atom. The van der Waals surface area contributed by atoms with Crippen LogP contribution < -0.4 is 10.5 Å². The van der Waals surface area contributed by atoms with Crippen LogP contribution in [0.5, 0.6) is 0 Å². The molecule has 7 heteroatoms. The molecule has 0 bridgehead atoms. The average Bonchev–Trinajstić information content (AvgIpc) is 2.45. The van der Waals surface area contributed by atoms with Crippen molar-refractivity contribution in [3.8, 4) is 0 Å². The number of sulfonamides is 1. The number of fused-ring (bicyclic) bond motifs is 1. The molecular weight excluding hydrogens is 278 g/mol. The Hall–Kier alpha value is -1.70. The molecule has 108 valence electrons. The molecule has 4 N–H and O–H groups in total. The molecule has 0 saturated heterocycles. The molecule has 0 radical (unpaired) electrons. The summed E-state index contributed by atoms with van der Waals surface area (Å²) in [7, 11) is -3.69. The van der Waals surface area contributed by atoms with E-state index in [4.69, 9.17) is 10.8 Å². The third-order valence-corrected chi connectivity index (χ3v) is 4.44. The second-order valence-electron chi connectivity index (χ2n) is 4.69. The quantitative estimate of drug-likeness (QED) is 0.705. The number of aliphatic hydroxyl groups excluding tert-OH is 1. The van der Waals surface area contributed by atoms with Crippen molar-refractivity contribution < 1.29 is 13.5 Å².